The zero-order chi connectivity index (χ0) is 23.3. The van der Waals surface area contributed by atoms with Crippen molar-refractivity contribution in [2.75, 3.05) is 7.11 Å². The fourth-order valence-electron chi connectivity index (χ4n) is 3.99. The van der Waals surface area contributed by atoms with Gasteiger partial charge in [0.05, 0.1) is 28.5 Å². The van der Waals surface area contributed by atoms with Gasteiger partial charge in [-0.15, -0.1) is 0 Å². The first-order valence-electron chi connectivity index (χ1n) is 9.82. The summed E-state index contributed by atoms with van der Waals surface area (Å²) < 4.78 is 38.1. The molecule has 3 N–H and O–H groups in total. The lowest BCUT2D eigenvalue weighted by molar-refractivity contribution is 0.418. The summed E-state index contributed by atoms with van der Waals surface area (Å²) in [4.78, 5) is 7.55. The van der Waals surface area contributed by atoms with E-state index in [1.165, 1.54) is 6.07 Å². The molecule has 0 radical (unpaired) electrons. The lowest BCUT2D eigenvalue weighted by Gasteiger charge is -2.12. The van der Waals surface area contributed by atoms with Crippen molar-refractivity contribution in [1.29, 1.82) is 0 Å². The fourth-order valence-corrected chi connectivity index (χ4v) is 4.71. The monoisotopic (exact) mass is 480 g/mol. The van der Waals surface area contributed by atoms with Gasteiger partial charge in [0.1, 0.15) is 22.8 Å². The number of aromatic hydroxyl groups is 1. The molecule has 0 fully saturated rings. The molecular formula is C24H17ClN2O5S. The Bertz CT molecular complexity index is 1660. The summed E-state index contributed by atoms with van der Waals surface area (Å²) in [5, 5.41) is 11.9. The van der Waals surface area contributed by atoms with E-state index in [-0.39, 0.29) is 5.75 Å². The summed E-state index contributed by atoms with van der Waals surface area (Å²) in [6.07, 6.45) is 0. The molecule has 0 atom stereocenters. The van der Waals surface area contributed by atoms with Crippen LogP contribution in [0.25, 0.3) is 44.3 Å². The van der Waals surface area contributed by atoms with E-state index in [9.17, 15) is 18.1 Å². The third-order valence-corrected chi connectivity index (χ3v) is 6.49. The minimum absolute atomic E-state index is 0.302. The molecule has 0 aliphatic heterocycles. The number of phenols is 1. The second kappa shape index (κ2) is 7.77. The van der Waals surface area contributed by atoms with Crippen LogP contribution in [-0.4, -0.2) is 35.2 Å². The molecular weight excluding hydrogens is 464 g/mol. The van der Waals surface area contributed by atoms with Crippen LogP contribution in [0.15, 0.2) is 71.6 Å². The number of benzene rings is 4. The van der Waals surface area contributed by atoms with Crippen LogP contribution < -0.4 is 4.74 Å². The predicted octanol–water partition coefficient (Wildman–Crippen LogP) is 5.66. The van der Waals surface area contributed by atoms with Crippen molar-refractivity contribution in [3.63, 3.8) is 0 Å². The van der Waals surface area contributed by atoms with E-state index in [1.54, 1.807) is 25.3 Å². The number of hydrogen-bond acceptors (Lipinski definition) is 5. The third kappa shape index (κ3) is 3.68. The maximum atomic E-state index is 11.5. The van der Waals surface area contributed by atoms with Gasteiger partial charge in [-0.1, -0.05) is 41.9 Å². The van der Waals surface area contributed by atoms with Gasteiger partial charge in [0, 0.05) is 16.7 Å². The normalized spacial score (nSPS) is 11.8. The molecule has 0 bridgehead atoms. The number of imidazole rings is 1. The van der Waals surface area contributed by atoms with Gasteiger partial charge in [-0.2, -0.15) is 8.42 Å². The van der Waals surface area contributed by atoms with Gasteiger partial charge in [-0.3, -0.25) is 4.55 Å². The van der Waals surface area contributed by atoms with Crippen molar-refractivity contribution in [2.45, 2.75) is 4.90 Å². The molecule has 166 valence electrons. The third-order valence-electron chi connectivity index (χ3n) is 5.43. The quantitative estimate of drug-likeness (QED) is 0.286. The Morgan fingerprint density at radius 1 is 1.00 bits per heavy atom. The van der Waals surface area contributed by atoms with Crippen molar-refractivity contribution < 1.29 is 22.8 Å². The van der Waals surface area contributed by atoms with Crippen LogP contribution in [0.1, 0.15) is 0 Å². The smallest absolute Gasteiger partial charge is 0.294 e. The molecule has 7 nitrogen and oxygen atoms in total. The first kappa shape index (κ1) is 21.3. The maximum Gasteiger partial charge on any atom is 0.294 e. The Labute approximate surface area is 194 Å². The van der Waals surface area contributed by atoms with Gasteiger partial charge in [0.15, 0.2) is 0 Å². The minimum Gasteiger partial charge on any atom is -0.507 e. The molecule has 0 spiro atoms. The van der Waals surface area contributed by atoms with E-state index < -0.39 is 15.0 Å². The summed E-state index contributed by atoms with van der Waals surface area (Å²) >= 11 is 6.17. The number of para-hydroxylation sites is 1. The SMILES string of the molecule is COc1c(-c2cccc(Cl)c2)cccc1-c1nc2c(ccc3cc(S(=O)(=O)O)cc(O)c32)[nH]1. The number of aromatic amines is 1. The van der Waals surface area contributed by atoms with E-state index in [1.807, 2.05) is 36.4 Å². The van der Waals surface area contributed by atoms with Gasteiger partial charge in [0.2, 0.25) is 0 Å². The molecule has 0 unspecified atom stereocenters. The van der Waals surface area contributed by atoms with E-state index in [0.29, 0.717) is 44.0 Å². The molecule has 0 aliphatic carbocycles. The van der Waals surface area contributed by atoms with Gasteiger partial charge < -0.3 is 14.8 Å². The number of hydrogen-bond donors (Lipinski definition) is 3. The van der Waals surface area contributed by atoms with Crippen molar-refractivity contribution in [3.05, 3.63) is 71.8 Å². The highest BCUT2D eigenvalue weighted by molar-refractivity contribution is 7.85. The summed E-state index contributed by atoms with van der Waals surface area (Å²) in [6, 6.07) is 18.8. The molecule has 0 aliphatic rings. The lowest BCUT2D eigenvalue weighted by Crippen LogP contribution is -1.97. The highest BCUT2D eigenvalue weighted by Crippen LogP contribution is 2.40. The Morgan fingerprint density at radius 3 is 2.48 bits per heavy atom. The lowest BCUT2D eigenvalue weighted by atomic mass is 10.0. The topological polar surface area (TPSA) is 113 Å². The number of aromatic nitrogens is 2. The number of ether oxygens (including phenoxy) is 1. The zero-order valence-corrected chi connectivity index (χ0v) is 18.8. The molecule has 0 saturated heterocycles. The molecule has 1 heterocycles. The molecule has 5 aromatic rings. The molecule has 0 saturated carbocycles. The maximum absolute atomic E-state index is 11.5. The number of nitrogens with one attached hydrogen (secondary N) is 1. The van der Waals surface area contributed by atoms with Crippen molar-refractivity contribution >= 4 is 43.5 Å². The highest BCUT2D eigenvalue weighted by Gasteiger charge is 2.19. The van der Waals surface area contributed by atoms with Gasteiger partial charge in [-0.25, -0.2) is 4.98 Å². The second-order valence-electron chi connectivity index (χ2n) is 7.46. The first-order chi connectivity index (χ1) is 15.8. The van der Waals surface area contributed by atoms with Crippen LogP contribution >= 0.6 is 11.6 Å². The van der Waals surface area contributed by atoms with Gasteiger partial charge in [0.25, 0.3) is 10.1 Å². The average Bonchev–Trinajstić information content (AvgIpc) is 3.22. The molecule has 0 amide bonds. The van der Waals surface area contributed by atoms with Crippen LogP contribution in [0.2, 0.25) is 5.02 Å². The number of halogens is 1. The number of rotatable bonds is 4. The Hall–Kier alpha value is -3.59. The average molecular weight is 481 g/mol. The standard InChI is InChI=1S/C24H17ClN2O5S/c1-32-23-17(13-4-2-5-15(25)10-13)6-3-7-18(23)24-26-19-9-8-14-11-16(33(29,30)31)12-20(28)21(14)22(19)27-24/h2-12,28H,1H3,(H,26,27)(H,29,30,31). The van der Waals surface area contributed by atoms with Crippen molar-refractivity contribution in [2.24, 2.45) is 0 Å². The Kier molecular flexibility index (Phi) is 5.01. The molecule has 5 rings (SSSR count). The van der Waals surface area contributed by atoms with E-state index >= 15 is 0 Å². The van der Waals surface area contributed by atoms with Crippen LogP contribution in [0.4, 0.5) is 0 Å². The van der Waals surface area contributed by atoms with Crippen LogP contribution in [0, 0.1) is 0 Å². The van der Waals surface area contributed by atoms with Crippen LogP contribution in [0.5, 0.6) is 11.5 Å². The van der Waals surface area contributed by atoms with Gasteiger partial charge >= 0.3 is 0 Å². The van der Waals surface area contributed by atoms with Gasteiger partial charge in [-0.05, 0) is 41.3 Å². The van der Waals surface area contributed by atoms with Crippen molar-refractivity contribution in [3.8, 4) is 34.0 Å². The molecule has 4 aromatic carbocycles. The number of H-pyrrole nitrogens is 1. The molecule has 9 heteroatoms. The first-order valence-corrected chi connectivity index (χ1v) is 11.6. The summed E-state index contributed by atoms with van der Waals surface area (Å²) in [5.41, 5.74) is 3.52. The Morgan fingerprint density at radius 2 is 1.76 bits per heavy atom. The largest absolute Gasteiger partial charge is 0.507 e. The summed E-state index contributed by atoms with van der Waals surface area (Å²) in [5.74, 6) is 0.806. The highest BCUT2D eigenvalue weighted by atomic mass is 35.5. The Balaban J connectivity index is 1.73. The number of methoxy groups -OCH3 is 1. The van der Waals surface area contributed by atoms with Crippen LogP contribution in [-0.2, 0) is 10.1 Å². The van der Waals surface area contributed by atoms with E-state index in [2.05, 4.69) is 4.98 Å². The summed E-state index contributed by atoms with van der Waals surface area (Å²) in [6.45, 7) is 0. The van der Waals surface area contributed by atoms with Crippen molar-refractivity contribution in [1.82, 2.24) is 9.97 Å². The predicted molar refractivity (Wildman–Crippen MR) is 128 cm³/mol. The number of fused-ring (bicyclic) bond motifs is 3. The fraction of sp³-hybridized carbons (Fsp3) is 0.0417. The molecule has 1 aromatic heterocycles. The summed E-state index contributed by atoms with van der Waals surface area (Å²) in [7, 11) is -2.89. The van der Waals surface area contributed by atoms with E-state index in [0.717, 1.165) is 17.2 Å². The van der Waals surface area contributed by atoms with E-state index in [4.69, 9.17) is 21.3 Å². The number of nitrogens with zero attached hydrogens (tertiary/aromatic N) is 1. The van der Waals surface area contributed by atoms with Crippen LogP contribution in [0.3, 0.4) is 0 Å². The number of phenolic OH excluding ortho intramolecular Hbond substituents is 1. The second-order valence-corrected chi connectivity index (χ2v) is 9.32. The zero-order valence-electron chi connectivity index (χ0n) is 17.2. The minimum atomic E-state index is -4.47. The molecule has 33 heavy (non-hydrogen) atoms.